The molecule has 10 unspecified atom stereocenters. The minimum Gasteiger partial charge on any atom is -0.504 e. The zero-order valence-electron chi connectivity index (χ0n) is 23.5. The zero-order valence-corrected chi connectivity index (χ0v) is 23.5. The first-order chi connectivity index (χ1) is 20.8. The van der Waals surface area contributed by atoms with Crippen molar-refractivity contribution in [3.05, 3.63) is 53.6 Å². The highest BCUT2D eigenvalue weighted by atomic mass is 16.7. The van der Waals surface area contributed by atoms with Gasteiger partial charge in [-0.2, -0.15) is 0 Å². The number of esters is 1. The van der Waals surface area contributed by atoms with Crippen LogP contribution in [-0.4, -0.2) is 127 Å². The van der Waals surface area contributed by atoms with E-state index < -0.39 is 79.7 Å². The average molecular weight is 625 g/mol. The topological polar surface area (TPSA) is 245 Å². The van der Waals surface area contributed by atoms with Crippen LogP contribution < -0.4 is 0 Å². The van der Waals surface area contributed by atoms with Crippen molar-refractivity contribution in [2.75, 3.05) is 13.2 Å². The number of aromatic hydroxyl groups is 4. The minimum atomic E-state index is -1.75. The standard InChI is InChI=1S/C29H36O15/c1-13-22(35)23(36)25(38)29(42-13)41-12-20-27(44-21(34)7-4-14-2-5-16(30)18(32)10-14)24(37)26(39)28(43-20)40-9-8-15-3-6-17(31)19(33)11-15/h2-7,10-11,13,20,22-33,35-39H,8-9,12H2,1H3/b7-4+. The molecule has 0 aromatic heterocycles. The summed E-state index contributed by atoms with van der Waals surface area (Å²) in [6, 6.07) is 8.00. The number of carbonyl (C=O) groups is 1. The summed E-state index contributed by atoms with van der Waals surface area (Å²) in [4.78, 5) is 12.7. The summed E-state index contributed by atoms with van der Waals surface area (Å²) in [5, 5.41) is 90.3. The highest BCUT2D eigenvalue weighted by Crippen LogP contribution is 2.29. The molecule has 2 aliphatic rings. The Kier molecular flexibility index (Phi) is 11.0. The molecule has 2 fully saturated rings. The molecule has 2 saturated heterocycles. The van der Waals surface area contributed by atoms with Crippen molar-refractivity contribution < 1.29 is 74.4 Å². The fraction of sp³-hybridized carbons (Fsp3) is 0.483. The number of benzene rings is 2. The molecule has 0 spiro atoms. The fourth-order valence-corrected chi connectivity index (χ4v) is 4.66. The van der Waals surface area contributed by atoms with Crippen LogP contribution in [0.1, 0.15) is 18.1 Å². The number of carbonyl (C=O) groups excluding carboxylic acids is 1. The highest BCUT2D eigenvalue weighted by Gasteiger charge is 2.49. The predicted molar refractivity (Wildman–Crippen MR) is 147 cm³/mol. The molecule has 9 N–H and O–H groups in total. The van der Waals surface area contributed by atoms with Gasteiger partial charge in [0.05, 0.1) is 19.3 Å². The zero-order chi connectivity index (χ0) is 32.1. The number of hydrogen-bond acceptors (Lipinski definition) is 15. The quantitative estimate of drug-likeness (QED) is 0.0873. The predicted octanol–water partition coefficient (Wildman–Crippen LogP) is -1.02. The molecule has 0 aliphatic carbocycles. The van der Waals surface area contributed by atoms with Crippen LogP contribution >= 0.6 is 0 Å². The van der Waals surface area contributed by atoms with Crippen LogP contribution in [0.5, 0.6) is 23.0 Å². The second-order valence-electron chi connectivity index (χ2n) is 10.5. The van der Waals surface area contributed by atoms with Crippen molar-refractivity contribution in [1.82, 2.24) is 0 Å². The summed E-state index contributed by atoms with van der Waals surface area (Å²) < 4.78 is 27.8. The maximum Gasteiger partial charge on any atom is 0.331 e. The van der Waals surface area contributed by atoms with Gasteiger partial charge in [-0.25, -0.2) is 4.79 Å². The van der Waals surface area contributed by atoms with Gasteiger partial charge >= 0.3 is 5.97 Å². The van der Waals surface area contributed by atoms with Crippen LogP contribution in [0, 0.1) is 0 Å². The van der Waals surface area contributed by atoms with Gasteiger partial charge in [-0.1, -0.05) is 12.1 Å². The average Bonchev–Trinajstić information content (AvgIpc) is 2.99. The van der Waals surface area contributed by atoms with Gasteiger partial charge in [0.1, 0.15) is 36.6 Å². The summed E-state index contributed by atoms with van der Waals surface area (Å²) >= 11 is 0. The van der Waals surface area contributed by atoms with Crippen molar-refractivity contribution >= 4 is 12.0 Å². The first-order valence-electron chi connectivity index (χ1n) is 13.7. The molecular weight excluding hydrogens is 588 g/mol. The van der Waals surface area contributed by atoms with Gasteiger partial charge in [-0.05, 0) is 54.8 Å². The molecule has 15 heteroatoms. The van der Waals surface area contributed by atoms with Crippen LogP contribution in [0.3, 0.4) is 0 Å². The Labute approximate surface area is 251 Å². The van der Waals surface area contributed by atoms with Gasteiger partial charge in [0.2, 0.25) is 0 Å². The number of phenols is 4. The highest BCUT2D eigenvalue weighted by molar-refractivity contribution is 5.87. The molecule has 4 rings (SSSR count). The third-order valence-corrected chi connectivity index (χ3v) is 7.25. The number of aliphatic hydroxyl groups is 5. The Hall–Kier alpha value is -3.51. The van der Waals surface area contributed by atoms with E-state index in [-0.39, 0.29) is 30.3 Å². The Bertz CT molecular complexity index is 1300. The van der Waals surface area contributed by atoms with Crippen LogP contribution in [0.4, 0.5) is 0 Å². The molecule has 2 aromatic rings. The second-order valence-corrected chi connectivity index (χ2v) is 10.5. The molecule has 2 heterocycles. The molecule has 0 bridgehead atoms. The van der Waals surface area contributed by atoms with Gasteiger partial charge in [0.15, 0.2) is 41.7 Å². The fourth-order valence-electron chi connectivity index (χ4n) is 4.66. The number of rotatable bonds is 10. The summed E-state index contributed by atoms with van der Waals surface area (Å²) in [5.41, 5.74) is 0.927. The lowest BCUT2D eigenvalue weighted by atomic mass is 9.98. The summed E-state index contributed by atoms with van der Waals surface area (Å²) in [7, 11) is 0. The number of aliphatic hydroxyl groups excluding tert-OH is 5. The second kappa shape index (κ2) is 14.5. The van der Waals surface area contributed by atoms with Crippen LogP contribution in [0.15, 0.2) is 42.5 Å². The summed E-state index contributed by atoms with van der Waals surface area (Å²) in [5.74, 6) is -2.37. The molecule has 242 valence electrons. The lowest BCUT2D eigenvalue weighted by Gasteiger charge is -2.43. The van der Waals surface area contributed by atoms with Gasteiger partial charge in [-0.15, -0.1) is 0 Å². The third-order valence-electron chi connectivity index (χ3n) is 7.25. The summed E-state index contributed by atoms with van der Waals surface area (Å²) in [6.45, 7) is 0.890. The van der Waals surface area contributed by atoms with E-state index in [9.17, 15) is 50.8 Å². The molecule has 2 aliphatic heterocycles. The smallest absolute Gasteiger partial charge is 0.331 e. The third kappa shape index (κ3) is 7.95. The Balaban J connectivity index is 1.45. The molecule has 10 atom stereocenters. The maximum absolute atomic E-state index is 12.7. The number of ether oxygens (including phenoxy) is 5. The van der Waals surface area contributed by atoms with Crippen LogP contribution in [-0.2, 0) is 34.9 Å². The molecule has 0 radical (unpaired) electrons. The van der Waals surface area contributed by atoms with E-state index in [1.807, 2.05) is 0 Å². The van der Waals surface area contributed by atoms with Crippen molar-refractivity contribution in [2.45, 2.75) is 74.8 Å². The Morgan fingerprint density at radius 1 is 0.773 bits per heavy atom. The van der Waals surface area contributed by atoms with E-state index in [4.69, 9.17) is 23.7 Å². The largest absolute Gasteiger partial charge is 0.504 e. The van der Waals surface area contributed by atoms with E-state index in [1.165, 1.54) is 43.3 Å². The van der Waals surface area contributed by atoms with Crippen molar-refractivity contribution in [3.63, 3.8) is 0 Å². The van der Waals surface area contributed by atoms with Gasteiger partial charge in [-0.3, -0.25) is 0 Å². The Morgan fingerprint density at radius 2 is 1.41 bits per heavy atom. The number of hydrogen-bond donors (Lipinski definition) is 9. The van der Waals surface area contributed by atoms with E-state index in [0.29, 0.717) is 11.1 Å². The van der Waals surface area contributed by atoms with Gasteiger partial charge in [0.25, 0.3) is 0 Å². The molecular formula is C29H36O15. The first kappa shape index (κ1) is 33.4. The van der Waals surface area contributed by atoms with E-state index in [0.717, 1.165) is 6.08 Å². The lowest BCUT2D eigenvalue weighted by molar-refractivity contribution is -0.328. The first-order valence-corrected chi connectivity index (χ1v) is 13.7. The van der Waals surface area contributed by atoms with Crippen molar-refractivity contribution in [2.24, 2.45) is 0 Å². The monoisotopic (exact) mass is 624 g/mol. The Morgan fingerprint density at radius 3 is 2.09 bits per heavy atom. The molecule has 0 amide bonds. The van der Waals surface area contributed by atoms with Crippen molar-refractivity contribution in [1.29, 1.82) is 0 Å². The normalized spacial score (nSPS) is 32.5. The lowest BCUT2D eigenvalue weighted by Crippen LogP contribution is -2.62. The van der Waals surface area contributed by atoms with E-state index in [1.54, 1.807) is 6.07 Å². The summed E-state index contributed by atoms with van der Waals surface area (Å²) in [6.07, 6.45) is -12.2. The van der Waals surface area contributed by atoms with E-state index >= 15 is 0 Å². The minimum absolute atomic E-state index is 0.0645. The van der Waals surface area contributed by atoms with Crippen LogP contribution in [0.25, 0.3) is 6.08 Å². The van der Waals surface area contributed by atoms with E-state index in [2.05, 4.69) is 0 Å². The molecule has 44 heavy (non-hydrogen) atoms. The number of phenolic OH excluding ortho intramolecular Hbond substituents is 4. The SMILES string of the molecule is CC1OC(OCC2OC(OCCc3ccc(O)c(O)c3)C(O)C(O)C2OC(=O)/C=C/c2ccc(O)c(O)c2)C(O)C(O)C1O. The van der Waals surface area contributed by atoms with Crippen LogP contribution in [0.2, 0.25) is 0 Å². The molecule has 2 aromatic carbocycles. The molecule has 15 nitrogen and oxygen atoms in total. The van der Waals surface area contributed by atoms with Crippen molar-refractivity contribution in [3.8, 4) is 23.0 Å². The van der Waals surface area contributed by atoms with Gasteiger partial charge in [0, 0.05) is 6.08 Å². The molecule has 0 saturated carbocycles. The van der Waals surface area contributed by atoms with Gasteiger partial charge < -0.3 is 69.6 Å². The maximum atomic E-state index is 12.7.